The van der Waals surface area contributed by atoms with Crippen molar-refractivity contribution in [3.8, 4) is 5.69 Å². The van der Waals surface area contributed by atoms with Gasteiger partial charge in [0.15, 0.2) is 0 Å². The molecule has 6 nitrogen and oxygen atoms in total. The topological polar surface area (TPSA) is 71.8 Å². The molecule has 2 rings (SSSR count). The molecule has 0 aliphatic carbocycles. The van der Waals surface area contributed by atoms with Crippen molar-refractivity contribution in [3.05, 3.63) is 42.0 Å². The van der Waals surface area contributed by atoms with E-state index in [9.17, 15) is 4.79 Å². The molecule has 1 aromatic heterocycles. The Morgan fingerprint density at radius 1 is 1.33 bits per heavy atom. The summed E-state index contributed by atoms with van der Waals surface area (Å²) in [7, 11) is 0. The minimum absolute atomic E-state index is 0. The number of nitrogens with zero attached hydrogens (tertiary/aromatic N) is 3. The maximum Gasteiger partial charge on any atom is 0.251 e. The molecule has 2 aromatic rings. The first-order valence-corrected chi connectivity index (χ1v) is 6.67. The molecule has 0 bridgehead atoms. The molecular weight excluding hydrogens is 290 g/mol. The van der Waals surface area contributed by atoms with Crippen molar-refractivity contribution < 1.29 is 4.79 Å². The third kappa shape index (κ3) is 4.54. The number of hydrogen-bond donors (Lipinski definition) is 2. The lowest BCUT2D eigenvalue weighted by Gasteiger charge is -2.09. The van der Waals surface area contributed by atoms with E-state index in [2.05, 4.69) is 20.7 Å². The number of hydrogen-bond acceptors (Lipinski definition) is 4. The number of amides is 1. The van der Waals surface area contributed by atoms with E-state index >= 15 is 0 Å². The quantitative estimate of drug-likeness (QED) is 0.790. The largest absolute Gasteiger partial charge is 0.351 e. The number of halogens is 1. The predicted molar refractivity (Wildman–Crippen MR) is 84.2 cm³/mol. The molecular formula is C14H20ClN5O. The number of likely N-dealkylation sites (N-methyl/N-ethyl adjacent to an activating group) is 1. The van der Waals surface area contributed by atoms with E-state index in [1.807, 2.05) is 26.0 Å². The number of aryl methyl sites for hydroxylation is 1. The van der Waals surface area contributed by atoms with Crippen molar-refractivity contribution in [3.63, 3.8) is 0 Å². The number of rotatable bonds is 6. The third-order valence-electron chi connectivity index (χ3n) is 2.96. The van der Waals surface area contributed by atoms with Crippen LogP contribution in [0.15, 0.2) is 30.9 Å². The summed E-state index contributed by atoms with van der Waals surface area (Å²) in [5, 5.41) is 10.1. The highest BCUT2D eigenvalue weighted by Gasteiger charge is 2.08. The maximum atomic E-state index is 12.0. The summed E-state index contributed by atoms with van der Waals surface area (Å²) in [6.07, 6.45) is 3.12. The van der Waals surface area contributed by atoms with Crippen LogP contribution < -0.4 is 10.6 Å². The van der Waals surface area contributed by atoms with Gasteiger partial charge in [-0.15, -0.1) is 12.4 Å². The van der Waals surface area contributed by atoms with Gasteiger partial charge in [-0.05, 0) is 37.2 Å². The molecule has 7 heteroatoms. The Bertz CT molecular complexity index is 571. The van der Waals surface area contributed by atoms with Crippen LogP contribution in [0.1, 0.15) is 22.8 Å². The fourth-order valence-electron chi connectivity index (χ4n) is 1.93. The molecule has 0 atom stereocenters. The molecule has 1 aromatic carbocycles. The molecule has 0 saturated heterocycles. The number of aromatic nitrogens is 3. The van der Waals surface area contributed by atoms with Gasteiger partial charge in [0.25, 0.3) is 5.91 Å². The standard InChI is InChI=1S/C14H19N5O.ClH/c1-3-15-6-7-17-14(20)12-4-5-13(11(2)8-12)19-10-16-9-18-19;/h4-5,8-10,15H,3,6-7H2,1-2H3,(H,17,20);1H. The minimum Gasteiger partial charge on any atom is -0.351 e. The summed E-state index contributed by atoms with van der Waals surface area (Å²) >= 11 is 0. The van der Waals surface area contributed by atoms with Crippen molar-refractivity contribution in [1.82, 2.24) is 25.4 Å². The average Bonchev–Trinajstić information content (AvgIpc) is 2.97. The molecule has 1 amide bonds. The molecule has 0 unspecified atom stereocenters. The van der Waals surface area contributed by atoms with E-state index in [1.165, 1.54) is 6.33 Å². The van der Waals surface area contributed by atoms with Crippen molar-refractivity contribution >= 4 is 18.3 Å². The van der Waals surface area contributed by atoms with Crippen molar-refractivity contribution in [1.29, 1.82) is 0 Å². The van der Waals surface area contributed by atoms with Gasteiger partial charge in [-0.25, -0.2) is 9.67 Å². The molecule has 0 radical (unpaired) electrons. The zero-order valence-electron chi connectivity index (χ0n) is 12.2. The Labute approximate surface area is 130 Å². The fraction of sp³-hybridized carbons (Fsp3) is 0.357. The van der Waals surface area contributed by atoms with Crippen LogP contribution in [0.4, 0.5) is 0 Å². The molecule has 0 fully saturated rings. The molecule has 2 N–H and O–H groups in total. The highest BCUT2D eigenvalue weighted by atomic mass is 35.5. The van der Waals surface area contributed by atoms with E-state index in [-0.39, 0.29) is 18.3 Å². The Kier molecular flexibility index (Phi) is 6.84. The van der Waals surface area contributed by atoms with Crippen LogP contribution in [0.3, 0.4) is 0 Å². The van der Waals surface area contributed by atoms with Crippen LogP contribution in [0.5, 0.6) is 0 Å². The van der Waals surface area contributed by atoms with Gasteiger partial charge < -0.3 is 10.6 Å². The first kappa shape index (κ1) is 17.1. The van der Waals surface area contributed by atoms with E-state index < -0.39 is 0 Å². The SMILES string of the molecule is CCNCCNC(=O)c1ccc(-n2cncn2)c(C)c1.Cl. The van der Waals surface area contributed by atoms with Gasteiger partial charge in [0.2, 0.25) is 0 Å². The zero-order valence-corrected chi connectivity index (χ0v) is 13.0. The number of carbonyl (C=O) groups is 1. The second-order valence-corrected chi connectivity index (χ2v) is 4.45. The van der Waals surface area contributed by atoms with Crippen LogP contribution in [0, 0.1) is 6.92 Å². The summed E-state index contributed by atoms with van der Waals surface area (Å²) in [6, 6.07) is 5.54. The highest BCUT2D eigenvalue weighted by molar-refractivity contribution is 5.94. The van der Waals surface area contributed by atoms with E-state index in [1.54, 1.807) is 17.1 Å². The Morgan fingerprint density at radius 3 is 2.76 bits per heavy atom. The van der Waals surface area contributed by atoms with Crippen molar-refractivity contribution in [2.45, 2.75) is 13.8 Å². The van der Waals surface area contributed by atoms with E-state index in [0.29, 0.717) is 12.1 Å². The summed E-state index contributed by atoms with van der Waals surface area (Å²) in [5.41, 5.74) is 2.56. The smallest absolute Gasteiger partial charge is 0.251 e. The molecule has 0 spiro atoms. The van der Waals surface area contributed by atoms with Gasteiger partial charge in [0, 0.05) is 18.7 Å². The number of benzene rings is 1. The second kappa shape index (κ2) is 8.39. The normalized spacial score (nSPS) is 10.0. The Balaban J connectivity index is 0.00000220. The molecule has 0 saturated carbocycles. The summed E-state index contributed by atoms with van der Waals surface area (Å²) < 4.78 is 1.68. The first-order valence-electron chi connectivity index (χ1n) is 6.67. The van der Waals surface area contributed by atoms with E-state index in [0.717, 1.165) is 24.3 Å². The fourth-order valence-corrected chi connectivity index (χ4v) is 1.93. The molecule has 114 valence electrons. The third-order valence-corrected chi connectivity index (χ3v) is 2.96. The number of nitrogens with one attached hydrogen (secondary N) is 2. The molecule has 0 aliphatic heterocycles. The van der Waals surface area contributed by atoms with Gasteiger partial charge in [-0.2, -0.15) is 5.10 Å². The summed E-state index contributed by atoms with van der Waals surface area (Å²) in [5.74, 6) is -0.0591. The minimum atomic E-state index is -0.0591. The van der Waals surface area contributed by atoms with Gasteiger partial charge in [-0.1, -0.05) is 6.92 Å². The Hall–Kier alpha value is -1.92. The maximum absolute atomic E-state index is 12.0. The predicted octanol–water partition coefficient (Wildman–Crippen LogP) is 1.34. The second-order valence-electron chi connectivity index (χ2n) is 4.45. The van der Waals surface area contributed by atoms with Crippen LogP contribution in [-0.2, 0) is 0 Å². The van der Waals surface area contributed by atoms with Crippen LogP contribution in [0.2, 0.25) is 0 Å². The lowest BCUT2D eigenvalue weighted by atomic mass is 10.1. The van der Waals surface area contributed by atoms with Crippen LogP contribution in [-0.4, -0.2) is 40.3 Å². The average molecular weight is 310 g/mol. The van der Waals surface area contributed by atoms with Crippen LogP contribution >= 0.6 is 12.4 Å². The van der Waals surface area contributed by atoms with Crippen LogP contribution in [0.25, 0.3) is 5.69 Å². The van der Waals surface area contributed by atoms with Crippen molar-refractivity contribution in [2.75, 3.05) is 19.6 Å². The molecule has 0 aliphatic rings. The summed E-state index contributed by atoms with van der Waals surface area (Å²) in [4.78, 5) is 15.9. The number of carbonyl (C=O) groups excluding carboxylic acids is 1. The molecule has 1 heterocycles. The highest BCUT2D eigenvalue weighted by Crippen LogP contribution is 2.14. The lowest BCUT2D eigenvalue weighted by Crippen LogP contribution is -2.31. The Morgan fingerprint density at radius 2 is 2.14 bits per heavy atom. The lowest BCUT2D eigenvalue weighted by molar-refractivity contribution is 0.0954. The van der Waals surface area contributed by atoms with Gasteiger partial charge in [-0.3, -0.25) is 4.79 Å². The van der Waals surface area contributed by atoms with Crippen molar-refractivity contribution in [2.24, 2.45) is 0 Å². The van der Waals surface area contributed by atoms with Gasteiger partial charge in [0.05, 0.1) is 5.69 Å². The first-order chi connectivity index (χ1) is 9.72. The van der Waals surface area contributed by atoms with E-state index in [4.69, 9.17) is 0 Å². The van der Waals surface area contributed by atoms with Gasteiger partial charge >= 0.3 is 0 Å². The zero-order chi connectivity index (χ0) is 14.4. The monoisotopic (exact) mass is 309 g/mol. The molecule has 21 heavy (non-hydrogen) atoms. The summed E-state index contributed by atoms with van der Waals surface area (Å²) in [6.45, 7) is 6.29. The van der Waals surface area contributed by atoms with Gasteiger partial charge in [0.1, 0.15) is 12.7 Å².